The SMILES string of the molecule is COC(=O)C1=c2s/c(=C\c3cccc(OC)c3)c(=O)n2C(N)=C(c2nc3ccccc3s2)C1c1cccc(OC)c1. The van der Waals surface area contributed by atoms with Crippen molar-refractivity contribution in [3.63, 3.8) is 0 Å². The van der Waals surface area contributed by atoms with Crippen LogP contribution in [-0.4, -0.2) is 36.8 Å². The molecule has 8 nitrogen and oxygen atoms in total. The number of allylic oxidation sites excluding steroid dienone is 1. The number of rotatable bonds is 6. The molecule has 1 atom stereocenters. The van der Waals surface area contributed by atoms with E-state index in [0.717, 1.165) is 21.3 Å². The average Bonchev–Trinajstić information content (AvgIpc) is 3.57. The first-order valence-electron chi connectivity index (χ1n) is 12.6. The number of aromatic nitrogens is 2. The van der Waals surface area contributed by atoms with Crippen molar-refractivity contribution in [1.82, 2.24) is 9.55 Å². The third-order valence-corrected chi connectivity index (χ3v) is 9.07. The molecule has 3 aromatic carbocycles. The van der Waals surface area contributed by atoms with Crippen molar-refractivity contribution < 1.29 is 19.0 Å². The maximum absolute atomic E-state index is 13.9. The molecule has 1 unspecified atom stereocenters. The fourth-order valence-corrected chi connectivity index (χ4v) is 7.21. The van der Waals surface area contributed by atoms with Gasteiger partial charge in [0.2, 0.25) is 0 Å². The summed E-state index contributed by atoms with van der Waals surface area (Å²) in [5.41, 5.74) is 9.74. The third-order valence-electron chi connectivity index (χ3n) is 6.90. The van der Waals surface area contributed by atoms with Gasteiger partial charge in [0.1, 0.15) is 27.0 Å². The Morgan fingerprint density at radius 2 is 1.68 bits per heavy atom. The summed E-state index contributed by atoms with van der Waals surface area (Å²) >= 11 is 2.64. The van der Waals surface area contributed by atoms with E-state index in [9.17, 15) is 9.59 Å². The largest absolute Gasteiger partial charge is 0.497 e. The lowest BCUT2D eigenvalue weighted by molar-refractivity contribution is -0.134. The topological polar surface area (TPSA) is 106 Å². The summed E-state index contributed by atoms with van der Waals surface area (Å²) in [4.78, 5) is 32.4. The molecule has 1 aliphatic heterocycles. The molecule has 0 amide bonds. The molecule has 10 heteroatoms. The number of hydrogen-bond acceptors (Lipinski definition) is 9. The third kappa shape index (κ3) is 4.60. The number of nitrogens with zero attached hydrogens (tertiary/aromatic N) is 2. The number of thiazole rings is 2. The predicted molar refractivity (Wildman–Crippen MR) is 162 cm³/mol. The van der Waals surface area contributed by atoms with Crippen molar-refractivity contribution in [2.75, 3.05) is 21.3 Å². The summed E-state index contributed by atoms with van der Waals surface area (Å²) in [6, 6.07) is 22.6. The maximum Gasteiger partial charge on any atom is 0.337 e. The Morgan fingerprint density at radius 1 is 0.951 bits per heavy atom. The van der Waals surface area contributed by atoms with Gasteiger partial charge in [-0.15, -0.1) is 22.7 Å². The highest BCUT2D eigenvalue weighted by molar-refractivity contribution is 7.19. The van der Waals surface area contributed by atoms with Gasteiger partial charge in [-0.2, -0.15) is 0 Å². The zero-order valence-electron chi connectivity index (χ0n) is 22.4. The summed E-state index contributed by atoms with van der Waals surface area (Å²) < 4.78 is 19.3. The van der Waals surface area contributed by atoms with E-state index in [2.05, 4.69) is 0 Å². The molecule has 0 fully saturated rings. The van der Waals surface area contributed by atoms with Crippen LogP contribution in [0.4, 0.5) is 0 Å². The van der Waals surface area contributed by atoms with Crippen LogP contribution in [0, 0.1) is 0 Å². The van der Waals surface area contributed by atoms with Gasteiger partial charge in [-0.3, -0.25) is 9.36 Å². The minimum atomic E-state index is -0.666. The molecule has 1 aliphatic rings. The fourth-order valence-electron chi connectivity index (χ4n) is 4.99. The summed E-state index contributed by atoms with van der Waals surface area (Å²) in [7, 11) is 4.50. The molecule has 2 aromatic heterocycles. The zero-order chi connectivity index (χ0) is 28.7. The van der Waals surface area contributed by atoms with Crippen molar-refractivity contribution in [1.29, 1.82) is 0 Å². The fraction of sp³-hybridized carbons (Fsp3) is 0.129. The van der Waals surface area contributed by atoms with Crippen LogP contribution in [0.3, 0.4) is 0 Å². The predicted octanol–water partition coefficient (Wildman–Crippen LogP) is 3.77. The summed E-state index contributed by atoms with van der Waals surface area (Å²) in [5, 5.41) is 0.611. The number of carbonyl (C=O) groups excluding carboxylic acids is 1. The van der Waals surface area contributed by atoms with E-state index in [-0.39, 0.29) is 11.4 Å². The van der Waals surface area contributed by atoms with Crippen LogP contribution in [-0.2, 0) is 9.53 Å². The van der Waals surface area contributed by atoms with Crippen molar-refractivity contribution in [2.24, 2.45) is 5.73 Å². The number of fused-ring (bicyclic) bond motifs is 2. The van der Waals surface area contributed by atoms with Gasteiger partial charge in [0, 0.05) is 5.57 Å². The van der Waals surface area contributed by atoms with Crippen LogP contribution in [0.15, 0.2) is 77.6 Å². The number of para-hydroxylation sites is 1. The quantitative estimate of drug-likeness (QED) is 0.304. The Bertz CT molecular complexity index is 2000. The van der Waals surface area contributed by atoms with Crippen LogP contribution in [0.25, 0.3) is 33.3 Å². The van der Waals surface area contributed by atoms with Crippen molar-refractivity contribution in [3.05, 3.63) is 108 Å². The molecule has 0 saturated heterocycles. The van der Waals surface area contributed by atoms with E-state index >= 15 is 0 Å². The van der Waals surface area contributed by atoms with E-state index in [1.165, 1.54) is 34.4 Å². The number of benzene rings is 3. The van der Waals surface area contributed by atoms with Gasteiger partial charge >= 0.3 is 5.97 Å². The molecule has 0 radical (unpaired) electrons. The van der Waals surface area contributed by atoms with E-state index in [0.29, 0.717) is 36.8 Å². The van der Waals surface area contributed by atoms with Crippen LogP contribution in [0.1, 0.15) is 22.1 Å². The smallest absolute Gasteiger partial charge is 0.337 e. The number of methoxy groups -OCH3 is 3. The number of nitrogens with two attached hydrogens (primary N) is 1. The average molecular weight is 584 g/mol. The number of hydrogen-bond donors (Lipinski definition) is 1. The molecule has 0 saturated carbocycles. The Morgan fingerprint density at radius 3 is 2.41 bits per heavy atom. The van der Waals surface area contributed by atoms with E-state index in [1.807, 2.05) is 72.8 Å². The van der Waals surface area contributed by atoms with E-state index < -0.39 is 11.9 Å². The second-order valence-corrected chi connectivity index (χ2v) is 11.3. The minimum absolute atomic E-state index is 0.214. The van der Waals surface area contributed by atoms with Crippen LogP contribution in [0.5, 0.6) is 11.5 Å². The maximum atomic E-state index is 13.9. The summed E-state index contributed by atoms with van der Waals surface area (Å²) in [6.07, 6.45) is 1.76. The molecular formula is C31H25N3O5S2. The number of carbonyl (C=O) groups is 1. The molecule has 0 aliphatic carbocycles. The van der Waals surface area contributed by atoms with Crippen LogP contribution >= 0.6 is 22.7 Å². The number of ether oxygens (including phenoxy) is 3. The lowest BCUT2D eigenvalue weighted by Crippen LogP contribution is -2.39. The molecule has 0 spiro atoms. The second kappa shape index (κ2) is 10.7. The van der Waals surface area contributed by atoms with Gasteiger partial charge in [-0.05, 0) is 53.6 Å². The molecule has 206 valence electrons. The lowest BCUT2D eigenvalue weighted by atomic mass is 9.83. The molecular weight excluding hydrogens is 558 g/mol. The monoisotopic (exact) mass is 583 g/mol. The first kappa shape index (κ1) is 26.5. The van der Waals surface area contributed by atoms with Gasteiger partial charge in [0.25, 0.3) is 5.56 Å². The first-order chi connectivity index (χ1) is 19.9. The van der Waals surface area contributed by atoms with Gasteiger partial charge in [0.05, 0.1) is 47.6 Å². The normalized spacial score (nSPS) is 15.2. The molecule has 41 heavy (non-hydrogen) atoms. The highest BCUT2D eigenvalue weighted by Crippen LogP contribution is 2.45. The van der Waals surface area contributed by atoms with Crippen LogP contribution in [0.2, 0.25) is 0 Å². The molecule has 3 heterocycles. The van der Waals surface area contributed by atoms with E-state index in [4.69, 9.17) is 24.9 Å². The molecule has 2 N–H and O–H groups in total. The van der Waals surface area contributed by atoms with Gasteiger partial charge in [-0.1, -0.05) is 36.4 Å². The van der Waals surface area contributed by atoms with Gasteiger partial charge in [-0.25, -0.2) is 9.78 Å². The lowest BCUT2D eigenvalue weighted by Gasteiger charge is -2.27. The second-order valence-electron chi connectivity index (χ2n) is 9.23. The first-order valence-corrected chi connectivity index (χ1v) is 14.3. The molecule has 5 aromatic rings. The Labute approximate surface area is 242 Å². The Kier molecular flexibility index (Phi) is 6.94. The zero-order valence-corrected chi connectivity index (χ0v) is 24.0. The van der Waals surface area contributed by atoms with Gasteiger partial charge < -0.3 is 19.9 Å². The number of esters is 1. The molecule has 0 bridgehead atoms. The highest BCUT2D eigenvalue weighted by atomic mass is 32.1. The van der Waals surface area contributed by atoms with Crippen molar-refractivity contribution >= 4 is 61.9 Å². The molecule has 6 rings (SSSR count). The minimum Gasteiger partial charge on any atom is -0.497 e. The van der Waals surface area contributed by atoms with Crippen molar-refractivity contribution in [2.45, 2.75) is 5.92 Å². The van der Waals surface area contributed by atoms with Gasteiger partial charge in [0.15, 0.2) is 0 Å². The summed E-state index contributed by atoms with van der Waals surface area (Å²) in [6.45, 7) is 0. The summed E-state index contributed by atoms with van der Waals surface area (Å²) in [5.74, 6) is 0.270. The van der Waals surface area contributed by atoms with Crippen LogP contribution < -0.4 is 30.0 Å². The van der Waals surface area contributed by atoms with Crippen molar-refractivity contribution in [3.8, 4) is 11.5 Å². The Balaban J connectivity index is 1.71. The van der Waals surface area contributed by atoms with E-state index in [1.54, 1.807) is 20.3 Å². The Hall–Kier alpha value is -4.67. The standard InChI is InChI=1S/C31H25N3O5S2/c1-37-19-10-6-8-17(14-19)15-23-29(35)34-27(32)25(28-33-21-12-4-5-13-22(21)40-28)24(18-9-7-11-20(16-18)38-2)26(30(34)41-23)31(36)39-3/h4-16,24H,32H2,1-3H3/b23-15-. The highest BCUT2D eigenvalue weighted by Gasteiger charge is 2.38.